The topological polar surface area (TPSA) is 89.0 Å². The minimum atomic E-state index is -0.236. The van der Waals surface area contributed by atoms with E-state index in [2.05, 4.69) is 25.6 Å². The maximum atomic E-state index is 12.4. The summed E-state index contributed by atoms with van der Waals surface area (Å²) in [6.45, 7) is 2.85. The van der Waals surface area contributed by atoms with E-state index in [4.69, 9.17) is 4.74 Å². The molecule has 3 aromatic rings. The number of hydrogen-bond donors (Lipinski definition) is 2. The predicted molar refractivity (Wildman–Crippen MR) is 97.9 cm³/mol. The van der Waals surface area contributed by atoms with Crippen molar-refractivity contribution in [3.05, 3.63) is 47.2 Å². The molecule has 2 N–H and O–H groups in total. The first kappa shape index (κ1) is 17.2. The Kier molecular flexibility index (Phi) is 5.52. The first-order chi connectivity index (χ1) is 12.2. The Morgan fingerprint density at radius 3 is 2.96 bits per heavy atom. The number of hydrogen-bond acceptors (Lipinski definition) is 7. The second-order valence-electron chi connectivity index (χ2n) is 5.40. The highest BCUT2D eigenvalue weighted by Crippen LogP contribution is 2.25. The molecule has 3 heterocycles. The third-order valence-corrected chi connectivity index (χ3v) is 4.50. The van der Waals surface area contributed by atoms with Gasteiger partial charge in [0.05, 0.1) is 28.6 Å². The van der Waals surface area contributed by atoms with Gasteiger partial charge in [0.15, 0.2) is 5.69 Å². The molecule has 0 aliphatic rings. The fraction of sp³-hybridized carbons (Fsp3) is 0.294. The van der Waals surface area contributed by atoms with Crippen molar-refractivity contribution >= 4 is 33.4 Å². The molecule has 0 aliphatic carbocycles. The Bertz CT molecular complexity index is 853. The third-order valence-electron chi connectivity index (χ3n) is 3.59. The van der Waals surface area contributed by atoms with Crippen molar-refractivity contribution in [3.63, 3.8) is 0 Å². The molecule has 7 nitrogen and oxygen atoms in total. The van der Waals surface area contributed by atoms with Crippen LogP contribution >= 0.6 is 11.3 Å². The molecule has 0 saturated heterocycles. The van der Waals surface area contributed by atoms with Gasteiger partial charge in [0.25, 0.3) is 5.91 Å². The van der Waals surface area contributed by atoms with E-state index >= 15 is 0 Å². The van der Waals surface area contributed by atoms with E-state index in [9.17, 15) is 4.79 Å². The highest BCUT2D eigenvalue weighted by molar-refractivity contribution is 7.17. The van der Waals surface area contributed by atoms with E-state index in [1.807, 2.05) is 36.6 Å². The lowest BCUT2D eigenvalue weighted by Gasteiger charge is -2.14. The molecule has 0 aromatic carbocycles. The minimum absolute atomic E-state index is 0.0818. The Labute approximate surface area is 149 Å². The number of thiophene rings is 1. The van der Waals surface area contributed by atoms with Crippen molar-refractivity contribution in [1.29, 1.82) is 0 Å². The Balaban J connectivity index is 1.85. The van der Waals surface area contributed by atoms with Crippen molar-refractivity contribution in [2.75, 3.05) is 25.6 Å². The molecule has 0 saturated carbocycles. The zero-order valence-corrected chi connectivity index (χ0v) is 14.8. The highest BCUT2D eigenvalue weighted by Gasteiger charge is 2.17. The zero-order valence-electron chi connectivity index (χ0n) is 14.0. The van der Waals surface area contributed by atoms with Crippen LogP contribution in [0.2, 0.25) is 0 Å². The molecule has 0 fully saturated rings. The van der Waals surface area contributed by atoms with Gasteiger partial charge in [-0.1, -0.05) is 6.07 Å². The van der Waals surface area contributed by atoms with Crippen LogP contribution in [0, 0.1) is 0 Å². The summed E-state index contributed by atoms with van der Waals surface area (Å²) in [7, 11) is 1.59. The SMILES string of the molecule is COCCNC(=O)c1nc(NC(C)c2ccccn2)nc2ccsc12. The van der Waals surface area contributed by atoms with Crippen LogP contribution in [0.1, 0.15) is 29.1 Å². The van der Waals surface area contributed by atoms with Gasteiger partial charge in [-0.05, 0) is 30.5 Å². The van der Waals surface area contributed by atoms with Gasteiger partial charge in [-0.3, -0.25) is 9.78 Å². The van der Waals surface area contributed by atoms with Crippen molar-refractivity contribution < 1.29 is 9.53 Å². The number of nitrogens with one attached hydrogen (secondary N) is 2. The van der Waals surface area contributed by atoms with E-state index < -0.39 is 0 Å². The van der Waals surface area contributed by atoms with E-state index in [1.54, 1.807) is 13.3 Å². The van der Waals surface area contributed by atoms with Gasteiger partial charge in [-0.25, -0.2) is 9.97 Å². The summed E-state index contributed by atoms with van der Waals surface area (Å²) < 4.78 is 5.73. The van der Waals surface area contributed by atoms with E-state index in [-0.39, 0.29) is 11.9 Å². The largest absolute Gasteiger partial charge is 0.383 e. The minimum Gasteiger partial charge on any atom is -0.383 e. The van der Waals surface area contributed by atoms with Gasteiger partial charge < -0.3 is 15.4 Å². The Morgan fingerprint density at radius 1 is 1.32 bits per heavy atom. The maximum Gasteiger partial charge on any atom is 0.271 e. The highest BCUT2D eigenvalue weighted by atomic mass is 32.1. The zero-order chi connectivity index (χ0) is 17.6. The van der Waals surface area contributed by atoms with Gasteiger partial charge in [-0.2, -0.15) is 0 Å². The van der Waals surface area contributed by atoms with Gasteiger partial charge >= 0.3 is 0 Å². The molecule has 3 aromatic heterocycles. The summed E-state index contributed by atoms with van der Waals surface area (Å²) in [6, 6.07) is 7.52. The number of ether oxygens (including phenoxy) is 1. The predicted octanol–water partition coefficient (Wildman–Crippen LogP) is 2.64. The summed E-state index contributed by atoms with van der Waals surface area (Å²) in [5, 5.41) is 7.92. The smallest absolute Gasteiger partial charge is 0.271 e. The van der Waals surface area contributed by atoms with Crippen molar-refractivity contribution in [2.45, 2.75) is 13.0 Å². The number of carbonyl (C=O) groups is 1. The first-order valence-electron chi connectivity index (χ1n) is 7.89. The van der Waals surface area contributed by atoms with Crippen molar-refractivity contribution in [3.8, 4) is 0 Å². The third kappa shape index (κ3) is 4.09. The Hall–Kier alpha value is -2.58. The van der Waals surface area contributed by atoms with Gasteiger partial charge in [0.2, 0.25) is 5.95 Å². The van der Waals surface area contributed by atoms with Crippen LogP contribution in [0.15, 0.2) is 35.8 Å². The second kappa shape index (κ2) is 8.00. The standard InChI is InChI=1S/C17H19N5O2S/c1-11(12-5-3-4-7-18-12)20-17-21-13-6-10-25-15(13)14(22-17)16(23)19-8-9-24-2/h3-7,10-11H,8-9H2,1-2H3,(H,19,23)(H,20,21,22). The molecule has 3 rings (SSSR count). The number of pyridine rings is 1. The van der Waals surface area contributed by atoms with E-state index in [0.717, 1.165) is 15.9 Å². The molecule has 130 valence electrons. The molecule has 0 bridgehead atoms. The fourth-order valence-corrected chi connectivity index (χ4v) is 3.15. The normalized spacial score (nSPS) is 12.1. The van der Waals surface area contributed by atoms with Crippen molar-refractivity contribution in [2.24, 2.45) is 0 Å². The number of carbonyl (C=O) groups excluding carboxylic acids is 1. The maximum absolute atomic E-state index is 12.4. The first-order valence-corrected chi connectivity index (χ1v) is 8.77. The summed E-state index contributed by atoms with van der Waals surface area (Å²) >= 11 is 1.45. The summed E-state index contributed by atoms with van der Waals surface area (Å²) in [4.78, 5) is 25.7. The molecule has 1 unspecified atom stereocenters. The fourth-order valence-electron chi connectivity index (χ4n) is 2.33. The quantitative estimate of drug-likeness (QED) is 0.632. The second-order valence-corrected chi connectivity index (χ2v) is 6.32. The average molecular weight is 357 g/mol. The van der Waals surface area contributed by atoms with Crippen LogP contribution in [0.4, 0.5) is 5.95 Å². The average Bonchev–Trinajstić information content (AvgIpc) is 3.10. The number of rotatable bonds is 7. The number of aromatic nitrogens is 3. The molecule has 0 aliphatic heterocycles. The van der Waals surface area contributed by atoms with Crippen LogP contribution in [0.25, 0.3) is 10.2 Å². The molecule has 0 radical (unpaired) electrons. The molecule has 1 amide bonds. The number of fused-ring (bicyclic) bond motifs is 1. The summed E-state index contributed by atoms with van der Waals surface area (Å²) in [6.07, 6.45) is 1.74. The van der Waals surface area contributed by atoms with E-state index in [1.165, 1.54) is 11.3 Å². The molecular weight excluding hydrogens is 338 g/mol. The molecule has 0 spiro atoms. The van der Waals surface area contributed by atoms with Crippen LogP contribution in [-0.2, 0) is 4.74 Å². The lowest BCUT2D eigenvalue weighted by atomic mass is 10.2. The lowest BCUT2D eigenvalue weighted by molar-refractivity contribution is 0.0934. The van der Waals surface area contributed by atoms with Gasteiger partial charge in [0.1, 0.15) is 0 Å². The van der Waals surface area contributed by atoms with Gasteiger partial charge in [-0.15, -0.1) is 11.3 Å². The number of anilines is 1. The Morgan fingerprint density at radius 2 is 2.20 bits per heavy atom. The number of nitrogens with zero attached hydrogens (tertiary/aromatic N) is 3. The van der Waals surface area contributed by atoms with Crippen LogP contribution in [0.5, 0.6) is 0 Å². The number of methoxy groups -OCH3 is 1. The molecule has 25 heavy (non-hydrogen) atoms. The summed E-state index contributed by atoms with van der Waals surface area (Å²) in [5.74, 6) is 0.168. The van der Waals surface area contributed by atoms with Crippen molar-refractivity contribution in [1.82, 2.24) is 20.3 Å². The van der Waals surface area contributed by atoms with Crippen LogP contribution in [-0.4, -0.2) is 41.1 Å². The van der Waals surface area contributed by atoms with Crippen LogP contribution < -0.4 is 10.6 Å². The monoisotopic (exact) mass is 357 g/mol. The number of amides is 1. The van der Waals surface area contributed by atoms with Gasteiger partial charge in [0, 0.05) is 19.9 Å². The lowest BCUT2D eigenvalue weighted by Crippen LogP contribution is -2.28. The van der Waals surface area contributed by atoms with E-state index in [0.29, 0.717) is 24.8 Å². The molecular formula is C17H19N5O2S. The summed E-state index contributed by atoms with van der Waals surface area (Å²) in [5.41, 5.74) is 1.99. The molecule has 8 heteroatoms. The molecule has 1 atom stereocenters. The van der Waals surface area contributed by atoms with Crippen LogP contribution in [0.3, 0.4) is 0 Å².